The fourth-order valence-electron chi connectivity index (χ4n) is 2.84. The van der Waals surface area contributed by atoms with Gasteiger partial charge in [0.2, 0.25) is 10.0 Å². The Morgan fingerprint density at radius 1 is 1.08 bits per heavy atom. The maximum atomic E-state index is 12.6. The summed E-state index contributed by atoms with van der Waals surface area (Å²) >= 11 is 0. The molecule has 0 unspecified atom stereocenters. The van der Waals surface area contributed by atoms with Gasteiger partial charge in [0.1, 0.15) is 0 Å². The number of nitrogens with zero attached hydrogens (tertiary/aromatic N) is 1. The van der Waals surface area contributed by atoms with Crippen molar-refractivity contribution in [2.75, 3.05) is 11.3 Å². The van der Waals surface area contributed by atoms with Crippen molar-refractivity contribution in [2.24, 2.45) is 0 Å². The molecule has 0 aliphatic carbocycles. The molecule has 0 bridgehead atoms. The van der Waals surface area contributed by atoms with Gasteiger partial charge in [0.25, 0.3) is 5.91 Å². The Morgan fingerprint density at radius 2 is 1.80 bits per heavy atom. The van der Waals surface area contributed by atoms with Crippen molar-refractivity contribution in [3.05, 3.63) is 65.2 Å². The zero-order chi connectivity index (χ0) is 18.0. The van der Waals surface area contributed by atoms with Crippen LogP contribution in [-0.2, 0) is 23.0 Å². The fraction of sp³-hybridized carbons (Fsp3) is 0.316. The van der Waals surface area contributed by atoms with E-state index >= 15 is 0 Å². The van der Waals surface area contributed by atoms with Gasteiger partial charge >= 0.3 is 0 Å². The predicted octanol–water partition coefficient (Wildman–Crippen LogP) is 3.04. The van der Waals surface area contributed by atoms with Crippen LogP contribution in [-0.4, -0.2) is 31.0 Å². The third-order valence-corrected chi connectivity index (χ3v) is 6.17. The molecule has 2 aromatic rings. The molecule has 0 saturated carbocycles. The topological polar surface area (TPSA) is 66.5 Å². The Labute approximate surface area is 148 Å². The lowest BCUT2D eigenvalue weighted by Crippen LogP contribution is -2.36. The molecule has 0 fully saturated rings. The normalized spacial score (nSPS) is 14.3. The van der Waals surface area contributed by atoms with Crippen LogP contribution in [0.4, 0.5) is 5.69 Å². The molecular weight excluding hydrogens is 336 g/mol. The van der Waals surface area contributed by atoms with Crippen molar-refractivity contribution in [1.82, 2.24) is 4.90 Å². The average molecular weight is 358 g/mol. The van der Waals surface area contributed by atoms with Gasteiger partial charge in [-0.3, -0.25) is 9.52 Å². The molecule has 2 aromatic carbocycles. The van der Waals surface area contributed by atoms with Gasteiger partial charge in [-0.1, -0.05) is 24.3 Å². The predicted molar refractivity (Wildman–Crippen MR) is 99.0 cm³/mol. The molecule has 0 saturated heterocycles. The summed E-state index contributed by atoms with van der Waals surface area (Å²) in [6.07, 6.45) is 0.769. The number of amides is 1. The molecule has 25 heavy (non-hydrogen) atoms. The number of nitrogens with one attached hydrogen (secondary N) is 1. The molecule has 0 spiro atoms. The maximum absolute atomic E-state index is 12.6. The molecule has 1 N–H and O–H groups in total. The molecule has 5 nitrogen and oxygen atoms in total. The number of fused-ring (bicyclic) bond motifs is 1. The second-order valence-corrected chi connectivity index (χ2v) is 8.76. The smallest absolute Gasteiger partial charge is 0.254 e. The molecule has 1 heterocycles. The fourth-order valence-corrected chi connectivity index (χ4v) is 3.53. The Hall–Kier alpha value is -2.34. The Bertz CT molecular complexity index is 877. The van der Waals surface area contributed by atoms with Crippen molar-refractivity contribution in [2.45, 2.75) is 32.1 Å². The molecule has 1 aliphatic rings. The summed E-state index contributed by atoms with van der Waals surface area (Å²) in [6, 6.07) is 14.8. The Morgan fingerprint density at radius 3 is 2.48 bits per heavy atom. The Balaban J connectivity index is 1.80. The summed E-state index contributed by atoms with van der Waals surface area (Å²) in [4.78, 5) is 14.4. The summed E-state index contributed by atoms with van der Waals surface area (Å²) < 4.78 is 26.7. The second-order valence-electron chi connectivity index (χ2n) is 6.52. The van der Waals surface area contributed by atoms with E-state index in [1.54, 1.807) is 24.8 Å². The van der Waals surface area contributed by atoms with Crippen LogP contribution in [0, 0.1) is 0 Å². The SMILES string of the molecule is CC(C)S(=O)(=O)Nc1ccc2c(c1)CN(C(=O)c1ccccc1)CC2. The lowest BCUT2D eigenvalue weighted by Gasteiger charge is -2.29. The number of rotatable bonds is 4. The number of hydrogen-bond donors (Lipinski definition) is 1. The molecule has 0 atom stereocenters. The quantitative estimate of drug-likeness (QED) is 0.913. The molecular formula is C19H22N2O3S. The van der Waals surface area contributed by atoms with Gasteiger partial charge in [0.15, 0.2) is 0 Å². The van der Waals surface area contributed by atoms with Gasteiger partial charge in [-0.25, -0.2) is 8.42 Å². The highest BCUT2D eigenvalue weighted by molar-refractivity contribution is 7.93. The van der Waals surface area contributed by atoms with E-state index in [1.165, 1.54) is 0 Å². The molecule has 0 radical (unpaired) electrons. The minimum atomic E-state index is -3.38. The zero-order valence-electron chi connectivity index (χ0n) is 14.4. The van der Waals surface area contributed by atoms with Gasteiger partial charge in [-0.15, -0.1) is 0 Å². The highest BCUT2D eigenvalue weighted by Crippen LogP contribution is 2.24. The first kappa shape index (κ1) is 17.5. The number of carbonyl (C=O) groups excluding carboxylic acids is 1. The van der Waals surface area contributed by atoms with Crippen LogP contribution in [0.15, 0.2) is 48.5 Å². The molecule has 1 aliphatic heterocycles. The van der Waals surface area contributed by atoms with Crippen molar-refractivity contribution >= 4 is 21.6 Å². The standard InChI is InChI=1S/C19H22N2O3S/c1-14(2)25(23,24)20-18-9-8-15-10-11-21(13-17(15)12-18)19(22)16-6-4-3-5-7-16/h3-9,12,14,20H,10-11,13H2,1-2H3. The van der Waals surface area contributed by atoms with Gasteiger partial charge in [-0.05, 0) is 55.7 Å². The third-order valence-electron chi connectivity index (χ3n) is 4.41. The third kappa shape index (κ3) is 3.85. The molecule has 3 rings (SSSR count). The van der Waals surface area contributed by atoms with E-state index < -0.39 is 15.3 Å². The van der Waals surface area contributed by atoms with Gasteiger partial charge in [-0.2, -0.15) is 0 Å². The number of carbonyl (C=O) groups is 1. The lowest BCUT2D eigenvalue weighted by molar-refractivity contribution is 0.0734. The van der Waals surface area contributed by atoms with Crippen molar-refractivity contribution < 1.29 is 13.2 Å². The van der Waals surface area contributed by atoms with Crippen LogP contribution in [0.5, 0.6) is 0 Å². The number of benzene rings is 2. The average Bonchev–Trinajstić information content (AvgIpc) is 2.60. The van der Waals surface area contributed by atoms with Gasteiger partial charge < -0.3 is 4.90 Å². The van der Waals surface area contributed by atoms with E-state index in [1.807, 2.05) is 42.5 Å². The van der Waals surface area contributed by atoms with Crippen LogP contribution in [0.25, 0.3) is 0 Å². The first-order valence-electron chi connectivity index (χ1n) is 8.34. The van der Waals surface area contributed by atoms with Gasteiger partial charge in [0, 0.05) is 24.3 Å². The first-order valence-corrected chi connectivity index (χ1v) is 9.89. The van der Waals surface area contributed by atoms with E-state index in [2.05, 4.69) is 4.72 Å². The van der Waals surface area contributed by atoms with Crippen LogP contribution in [0.3, 0.4) is 0 Å². The minimum absolute atomic E-state index is 0.000542. The summed E-state index contributed by atoms with van der Waals surface area (Å²) in [5.41, 5.74) is 3.35. The summed E-state index contributed by atoms with van der Waals surface area (Å²) in [5, 5.41) is -0.500. The van der Waals surface area contributed by atoms with E-state index in [4.69, 9.17) is 0 Å². The van der Waals surface area contributed by atoms with E-state index in [0.717, 1.165) is 17.5 Å². The number of anilines is 1. The molecule has 6 heteroatoms. The number of sulfonamides is 1. The van der Waals surface area contributed by atoms with Crippen LogP contribution in [0.1, 0.15) is 35.3 Å². The monoisotopic (exact) mass is 358 g/mol. The summed E-state index contributed by atoms with van der Waals surface area (Å²) in [7, 11) is -3.38. The Kier molecular flexibility index (Phi) is 4.81. The highest BCUT2D eigenvalue weighted by Gasteiger charge is 2.23. The van der Waals surface area contributed by atoms with Crippen molar-refractivity contribution in [1.29, 1.82) is 0 Å². The molecule has 1 amide bonds. The zero-order valence-corrected chi connectivity index (χ0v) is 15.2. The van der Waals surface area contributed by atoms with Crippen LogP contribution < -0.4 is 4.72 Å². The summed E-state index contributed by atoms with van der Waals surface area (Å²) in [5.74, 6) is -0.000542. The van der Waals surface area contributed by atoms with E-state index in [9.17, 15) is 13.2 Å². The van der Waals surface area contributed by atoms with E-state index in [-0.39, 0.29) is 5.91 Å². The maximum Gasteiger partial charge on any atom is 0.254 e. The first-order chi connectivity index (χ1) is 11.9. The van der Waals surface area contributed by atoms with Crippen molar-refractivity contribution in [3.8, 4) is 0 Å². The largest absolute Gasteiger partial charge is 0.334 e. The van der Waals surface area contributed by atoms with E-state index in [0.29, 0.717) is 24.3 Å². The van der Waals surface area contributed by atoms with Gasteiger partial charge in [0.05, 0.1) is 5.25 Å². The number of hydrogen-bond acceptors (Lipinski definition) is 3. The van der Waals surface area contributed by atoms with Crippen LogP contribution >= 0.6 is 0 Å². The highest BCUT2D eigenvalue weighted by atomic mass is 32.2. The van der Waals surface area contributed by atoms with Crippen molar-refractivity contribution in [3.63, 3.8) is 0 Å². The lowest BCUT2D eigenvalue weighted by atomic mass is 9.98. The molecule has 132 valence electrons. The van der Waals surface area contributed by atoms with Crippen LogP contribution in [0.2, 0.25) is 0 Å². The molecule has 0 aromatic heterocycles. The minimum Gasteiger partial charge on any atom is -0.334 e. The second kappa shape index (κ2) is 6.88. The summed E-state index contributed by atoms with van der Waals surface area (Å²) in [6.45, 7) is 4.43.